The molecule has 1 aliphatic rings. The third kappa shape index (κ3) is 5.08. The molecule has 0 radical (unpaired) electrons. The van der Waals surface area contributed by atoms with Crippen LogP contribution in [-0.4, -0.2) is 33.6 Å². The van der Waals surface area contributed by atoms with Crippen molar-refractivity contribution in [3.63, 3.8) is 0 Å². The second kappa shape index (κ2) is 10.4. The summed E-state index contributed by atoms with van der Waals surface area (Å²) in [5.41, 5.74) is 5.24. The molecule has 8 heteroatoms. The van der Waals surface area contributed by atoms with Crippen molar-refractivity contribution in [1.29, 1.82) is 5.26 Å². The van der Waals surface area contributed by atoms with Gasteiger partial charge in [-0.05, 0) is 69.0 Å². The molecule has 4 aromatic rings. The zero-order valence-electron chi connectivity index (χ0n) is 19.4. The molecule has 2 aromatic heterocycles. The number of aromatic nitrogens is 2. The second-order valence-electron chi connectivity index (χ2n) is 8.69. The van der Waals surface area contributed by atoms with Crippen LogP contribution in [0.15, 0.2) is 71.5 Å². The van der Waals surface area contributed by atoms with Crippen LogP contribution in [0.4, 0.5) is 9.18 Å². The number of amides is 1. The van der Waals surface area contributed by atoms with Crippen LogP contribution in [0.25, 0.3) is 17.0 Å². The highest BCUT2D eigenvalue weighted by Crippen LogP contribution is 2.31. The van der Waals surface area contributed by atoms with Gasteiger partial charge >= 0.3 is 6.03 Å². The maximum Gasteiger partial charge on any atom is 0.326 e. The van der Waals surface area contributed by atoms with Crippen molar-refractivity contribution in [2.45, 2.75) is 19.5 Å². The molecular formula is C28H23BrFN5O. The van der Waals surface area contributed by atoms with Crippen molar-refractivity contribution in [2.24, 2.45) is 0 Å². The minimum atomic E-state index is -0.246. The molecule has 0 saturated carbocycles. The summed E-state index contributed by atoms with van der Waals surface area (Å²) in [4.78, 5) is 19.8. The van der Waals surface area contributed by atoms with Gasteiger partial charge in [-0.15, -0.1) is 0 Å². The first-order chi connectivity index (χ1) is 17.5. The van der Waals surface area contributed by atoms with E-state index >= 15 is 0 Å². The standard InChI is InChI=1S/C28H23BrFN5O/c29-27-15-21(9-11-32-27)17-33-28(36)35-25-10-13-34(12-1-2-19-3-6-22(30)7-4-19)18-24(25)23-8-5-20(16-31)14-26(23)35/h1-9,11,14-15H,10,12-13,17-18H2,(H,33,36)/b2-1+. The molecule has 0 unspecified atom stereocenters. The van der Waals surface area contributed by atoms with Crippen molar-refractivity contribution in [3.8, 4) is 6.07 Å². The van der Waals surface area contributed by atoms with Gasteiger partial charge in [0.1, 0.15) is 10.4 Å². The van der Waals surface area contributed by atoms with Crippen molar-refractivity contribution >= 4 is 38.9 Å². The van der Waals surface area contributed by atoms with Gasteiger partial charge in [-0.25, -0.2) is 14.2 Å². The van der Waals surface area contributed by atoms with Crippen LogP contribution < -0.4 is 5.32 Å². The molecule has 1 amide bonds. The molecule has 0 fully saturated rings. The third-order valence-corrected chi connectivity index (χ3v) is 6.77. The quantitative estimate of drug-likeness (QED) is 0.330. The van der Waals surface area contributed by atoms with Crippen LogP contribution in [-0.2, 0) is 19.5 Å². The maximum atomic E-state index is 13.4. The smallest absolute Gasteiger partial charge is 0.326 e. The monoisotopic (exact) mass is 543 g/mol. The lowest BCUT2D eigenvalue weighted by Crippen LogP contribution is -2.34. The molecule has 0 bridgehead atoms. The van der Waals surface area contributed by atoms with E-state index in [1.54, 1.807) is 35.0 Å². The highest BCUT2D eigenvalue weighted by molar-refractivity contribution is 9.10. The van der Waals surface area contributed by atoms with Gasteiger partial charge in [-0.3, -0.25) is 9.47 Å². The van der Waals surface area contributed by atoms with Gasteiger partial charge in [0, 0.05) is 49.9 Å². The first-order valence-electron chi connectivity index (χ1n) is 11.6. The lowest BCUT2D eigenvalue weighted by molar-refractivity contribution is 0.240. The summed E-state index contributed by atoms with van der Waals surface area (Å²) in [6, 6.07) is 17.6. The number of halogens is 2. The molecular weight excluding hydrogens is 521 g/mol. The fourth-order valence-electron chi connectivity index (χ4n) is 4.59. The van der Waals surface area contributed by atoms with Gasteiger partial charge in [0.05, 0.1) is 17.1 Å². The van der Waals surface area contributed by atoms with Gasteiger partial charge in [-0.1, -0.05) is 30.4 Å². The first-order valence-corrected chi connectivity index (χ1v) is 12.4. The molecule has 0 aliphatic carbocycles. The van der Waals surface area contributed by atoms with Crippen molar-refractivity contribution in [2.75, 3.05) is 13.1 Å². The Morgan fingerprint density at radius 3 is 2.81 bits per heavy atom. The molecule has 6 nitrogen and oxygen atoms in total. The average molecular weight is 544 g/mol. The Hall–Kier alpha value is -3.80. The summed E-state index contributed by atoms with van der Waals surface area (Å²) in [6.45, 7) is 2.60. The number of carbonyl (C=O) groups excluding carboxylic acids is 1. The zero-order valence-corrected chi connectivity index (χ0v) is 21.0. The van der Waals surface area contributed by atoms with Gasteiger partial charge in [-0.2, -0.15) is 5.26 Å². The van der Waals surface area contributed by atoms with E-state index in [1.165, 1.54) is 12.1 Å². The molecule has 0 saturated heterocycles. The van der Waals surface area contributed by atoms with Crippen molar-refractivity contribution < 1.29 is 9.18 Å². The number of nitrogens with zero attached hydrogens (tertiary/aromatic N) is 4. The fraction of sp³-hybridized carbons (Fsp3) is 0.179. The minimum Gasteiger partial charge on any atom is -0.333 e. The minimum absolute atomic E-state index is 0.214. The van der Waals surface area contributed by atoms with Crippen LogP contribution in [0.5, 0.6) is 0 Å². The molecule has 3 heterocycles. The Morgan fingerprint density at radius 1 is 1.19 bits per heavy atom. The van der Waals surface area contributed by atoms with E-state index in [4.69, 9.17) is 0 Å². The highest BCUT2D eigenvalue weighted by Gasteiger charge is 2.26. The summed E-state index contributed by atoms with van der Waals surface area (Å²) in [7, 11) is 0. The highest BCUT2D eigenvalue weighted by atomic mass is 79.9. The number of nitrogens with one attached hydrogen (secondary N) is 1. The molecule has 0 spiro atoms. The topological polar surface area (TPSA) is 74.0 Å². The normalized spacial score (nSPS) is 13.6. The Balaban J connectivity index is 1.39. The van der Waals surface area contributed by atoms with Crippen LogP contribution in [0, 0.1) is 17.1 Å². The molecule has 5 rings (SSSR count). The first kappa shape index (κ1) is 23.9. The number of hydrogen-bond acceptors (Lipinski definition) is 4. The molecule has 2 aromatic carbocycles. The number of fused-ring (bicyclic) bond motifs is 3. The third-order valence-electron chi connectivity index (χ3n) is 6.34. The van der Waals surface area contributed by atoms with Crippen molar-refractivity contribution in [1.82, 2.24) is 19.8 Å². The zero-order chi connectivity index (χ0) is 25.1. The number of hydrogen-bond donors (Lipinski definition) is 1. The molecule has 1 aliphatic heterocycles. The van der Waals surface area contributed by atoms with E-state index in [9.17, 15) is 14.4 Å². The van der Waals surface area contributed by atoms with Gasteiger partial charge in [0.2, 0.25) is 0 Å². The van der Waals surface area contributed by atoms with Crippen LogP contribution in [0.1, 0.15) is 27.9 Å². The molecule has 36 heavy (non-hydrogen) atoms. The van der Waals surface area contributed by atoms with E-state index < -0.39 is 0 Å². The van der Waals surface area contributed by atoms with E-state index in [1.807, 2.05) is 24.3 Å². The predicted molar refractivity (Wildman–Crippen MR) is 141 cm³/mol. The van der Waals surface area contributed by atoms with Gasteiger partial charge in [0.25, 0.3) is 0 Å². The summed E-state index contributed by atoms with van der Waals surface area (Å²) in [6.07, 6.45) is 6.47. The average Bonchev–Trinajstić information content (AvgIpc) is 3.21. The number of rotatable bonds is 5. The fourth-order valence-corrected chi connectivity index (χ4v) is 5.00. The second-order valence-corrected chi connectivity index (χ2v) is 9.50. The van der Waals surface area contributed by atoms with Gasteiger partial charge in [0.15, 0.2) is 0 Å². The summed E-state index contributed by atoms with van der Waals surface area (Å²) < 4.78 is 15.6. The lowest BCUT2D eigenvalue weighted by atomic mass is 10.0. The van der Waals surface area contributed by atoms with Crippen LogP contribution in [0.2, 0.25) is 0 Å². The number of carbonyl (C=O) groups is 1. The van der Waals surface area contributed by atoms with E-state index in [0.717, 1.165) is 46.4 Å². The Kier molecular flexibility index (Phi) is 6.94. The number of nitriles is 1. The van der Waals surface area contributed by atoms with Crippen LogP contribution in [0.3, 0.4) is 0 Å². The van der Waals surface area contributed by atoms with E-state index in [0.29, 0.717) is 29.7 Å². The Labute approximate surface area is 216 Å². The molecule has 180 valence electrons. The Bertz CT molecular complexity index is 1500. The number of pyridine rings is 1. The predicted octanol–water partition coefficient (Wildman–Crippen LogP) is 5.64. The SMILES string of the molecule is N#Cc1ccc2c3c(n(C(=O)NCc4ccnc(Br)c4)c2c1)CCN(C/C=C/c1ccc(F)cc1)C3. The van der Waals surface area contributed by atoms with E-state index in [-0.39, 0.29) is 11.8 Å². The van der Waals surface area contributed by atoms with Crippen LogP contribution >= 0.6 is 15.9 Å². The number of benzene rings is 2. The lowest BCUT2D eigenvalue weighted by Gasteiger charge is -2.27. The summed E-state index contributed by atoms with van der Waals surface area (Å²) in [5, 5.41) is 13.5. The summed E-state index contributed by atoms with van der Waals surface area (Å²) >= 11 is 3.36. The molecule has 0 atom stereocenters. The van der Waals surface area contributed by atoms with E-state index in [2.05, 4.69) is 43.3 Å². The summed E-state index contributed by atoms with van der Waals surface area (Å²) in [5.74, 6) is -0.246. The Morgan fingerprint density at radius 2 is 2.03 bits per heavy atom. The maximum absolute atomic E-state index is 13.4. The molecule has 1 N–H and O–H groups in total. The largest absolute Gasteiger partial charge is 0.333 e. The van der Waals surface area contributed by atoms with Crippen molar-refractivity contribution in [3.05, 3.63) is 105 Å². The van der Waals surface area contributed by atoms with Gasteiger partial charge < -0.3 is 5.32 Å².